The molecule has 0 radical (unpaired) electrons. The monoisotopic (exact) mass is 609 g/mol. The molecule has 1 aromatic heterocycles. The van der Waals surface area contributed by atoms with Crippen molar-refractivity contribution in [2.75, 3.05) is 13.1 Å². The molecule has 10 nitrogen and oxygen atoms in total. The van der Waals surface area contributed by atoms with Gasteiger partial charge >= 0.3 is 0 Å². The lowest BCUT2D eigenvalue weighted by Crippen LogP contribution is -2.61. The number of aromatic nitrogens is 1. The van der Waals surface area contributed by atoms with Gasteiger partial charge in [0.05, 0.1) is 28.6 Å². The number of thiazole rings is 1. The summed E-state index contributed by atoms with van der Waals surface area (Å²) in [4.78, 5) is 47.0. The summed E-state index contributed by atoms with van der Waals surface area (Å²) >= 11 is 1.32. The van der Waals surface area contributed by atoms with E-state index in [0.717, 1.165) is 23.1 Å². The van der Waals surface area contributed by atoms with Gasteiger partial charge in [-0.3, -0.25) is 14.4 Å². The molecule has 0 spiro atoms. The Morgan fingerprint density at radius 3 is 2.45 bits per heavy atom. The summed E-state index contributed by atoms with van der Waals surface area (Å²) < 4.78 is 28.4. The van der Waals surface area contributed by atoms with Crippen molar-refractivity contribution in [1.82, 2.24) is 19.5 Å². The minimum Gasteiger partial charge on any atom is -0.344 e. The maximum absolute atomic E-state index is 13.8. The predicted octanol–water partition coefficient (Wildman–Crippen LogP) is 2.69. The number of hydrogen-bond acceptors (Lipinski definition) is 8. The van der Waals surface area contributed by atoms with Crippen LogP contribution >= 0.6 is 11.3 Å². The molecule has 0 bridgehead atoms. The van der Waals surface area contributed by atoms with Gasteiger partial charge in [-0.15, -0.1) is 11.3 Å². The number of nitrogens with two attached hydrogens (primary N) is 1. The first kappa shape index (κ1) is 28.9. The van der Waals surface area contributed by atoms with Crippen LogP contribution in [0.5, 0.6) is 0 Å². The molecule has 3 aliphatic rings. The first-order valence-electron chi connectivity index (χ1n) is 14.5. The summed E-state index contributed by atoms with van der Waals surface area (Å²) in [6, 6.07) is 14.6. The van der Waals surface area contributed by atoms with Crippen LogP contribution in [0.3, 0.4) is 0 Å². The van der Waals surface area contributed by atoms with E-state index in [0.29, 0.717) is 36.3 Å². The Hall–Kier alpha value is -3.19. The summed E-state index contributed by atoms with van der Waals surface area (Å²) in [6.07, 6.45) is 3.89. The number of carbonyl (C=O) groups is 3. The Labute approximate surface area is 249 Å². The fourth-order valence-electron chi connectivity index (χ4n) is 6.55. The molecule has 1 saturated carbocycles. The van der Waals surface area contributed by atoms with Crippen molar-refractivity contribution < 1.29 is 22.8 Å². The van der Waals surface area contributed by atoms with E-state index in [1.165, 1.54) is 15.6 Å². The van der Waals surface area contributed by atoms with Crippen molar-refractivity contribution in [1.29, 1.82) is 0 Å². The zero-order valence-electron chi connectivity index (χ0n) is 23.2. The SMILES string of the molecule is NC1CCC([C@H](NC(=O)[C@@H]2CC[C@H]3CN(S(=O)(=O)Cc4ccccc4)CC(=O)N32)C(=O)c2nc3ccccc3s2)CC1. The van der Waals surface area contributed by atoms with Crippen molar-refractivity contribution in [2.24, 2.45) is 11.7 Å². The second-order valence-electron chi connectivity index (χ2n) is 11.6. The number of hydrogen-bond donors (Lipinski definition) is 2. The lowest BCUT2D eigenvalue weighted by molar-refractivity contribution is -0.143. The Balaban J connectivity index is 1.18. The molecule has 3 aromatic rings. The number of para-hydroxylation sites is 1. The van der Waals surface area contributed by atoms with Gasteiger partial charge in [-0.1, -0.05) is 42.5 Å². The first-order valence-corrected chi connectivity index (χ1v) is 16.9. The minimum atomic E-state index is -3.71. The minimum absolute atomic E-state index is 0.0813. The Bertz CT molecular complexity index is 1550. The van der Waals surface area contributed by atoms with Crippen LogP contribution in [0.4, 0.5) is 0 Å². The molecule has 0 unspecified atom stereocenters. The van der Waals surface area contributed by atoms with Crippen molar-refractivity contribution in [3.8, 4) is 0 Å². The fraction of sp³-hybridized carbons (Fsp3) is 0.467. The number of fused-ring (bicyclic) bond motifs is 2. The highest BCUT2D eigenvalue weighted by Crippen LogP contribution is 2.33. The largest absolute Gasteiger partial charge is 0.344 e. The van der Waals surface area contributed by atoms with Gasteiger partial charge in [0.25, 0.3) is 0 Å². The van der Waals surface area contributed by atoms with Gasteiger partial charge in [0, 0.05) is 18.6 Å². The predicted molar refractivity (Wildman–Crippen MR) is 160 cm³/mol. The first-order chi connectivity index (χ1) is 20.2. The second kappa shape index (κ2) is 11.8. The highest BCUT2D eigenvalue weighted by molar-refractivity contribution is 7.88. The van der Waals surface area contributed by atoms with Gasteiger partial charge in [0.1, 0.15) is 6.04 Å². The van der Waals surface area contributed by atoms with Gasteiger partial charge in [-0.25, -0.2) is 13.4 Å². The molecule has 6 rings (SSSR count). The fourth-order valence-corrected chi connectivity index (χ4v) is 9.00. The van der Waals surface area contributed by atoms with E-state index in [2.05, 4.69) is 10.3 Å². The Morgan fingerprint density at radius 1 is 1.00 bits per heavy atom. The summed E-state index contributed by atoms with van der Waals surface area (Å²) in [5, 5.41) is 3.38. The van der Waals surface area contributed by atoms with Crippen molar-refractivity contribution in [2.45, 2.75) is 68.4 Å². The molecule has 42 heavy (non-hydrogen) atoms. The highest BCUT2D eigenvalue weighted by Gasteiger charge is 2.48. The third-order valence-electron chi connectivity index (χ3n) is 8.78. The molecular weight excluding hydrogens is 574 g/mol. The smallest absolute Gasteiger partial charge is 0.243 e. The number of nitrogens with one attached hydrogen (secondary N) is 1. The van der Waals surface area contributed by atoms with Crippen LogP contribution < -0.4 is 11.1 Å². The molecule has 3 N–H and O–H groups in total. The van der Waals surface area contributed by atoms with Gasteiger partial charge in [0.2, 0.25) is 27.6 Å². The van der Waals surface area contributed by atoms with Gasteiger partial charge in [0.15, 0.2) is 5.01 Å². The molecule has 2 aromatic carbocycles. The summed E-state index contributed by atoms with van der Waals surface area (Å²) in [7, 11) is -3.71. The maximum Gasteiger partial charge on any atom is 0.243 e. The molecule has 2 aliphatic heterocycles. The lowest BCUT2D eigenvalue weighted by Gasteiger charge is -2.39. The van der Waals surface area contributed by atoms with Crippen LogP contribution in [0.15, 0.2) is 54.6 Å². The van der Waals surface area contributed by atoms with E-state index in [4.69, 9.17) is 5.73 Å². The van der Waals surface area contributed by atoms with Crippen LogP contribution in [-0.2, 0) is 25.4 Å². The van der Waals surface area contributed by atoms with Crippen LogP contribution in [0.2, 0.25) is 0 Å². The molecule has 1 aliphatic carbocycles. The molecule has 2 saturated heterocycles. The number of sulfonamides is 1. The summed E-state index contributed by atoms with van der Waals surface area (Å²) in [5.41, 5.74) is 7.53. The quantitative estimate of drug-likeness (QED) is 0.374. The van der Waals surface area contributed by atoms with E-state index in [-0.39, 0.29) is 42.5 Å². The number of Topliss-reactive ketones (excluding diaryl/α,β-unsaturated/α-hetero) is 1. The molecule has 2 amide bonds. The third-order valence-corrected chi connectivity index (χ3v) is 11.6. The second-order valence-corrected chi connectivity index (χ2v) is 14.6. The number of rotatable bonds is 8. The van der Waals surface area contributed by atoms with Crippen molar-refractivity contribution >= 4 is 49.2 Å². The van der Waals surface area contributed by atoms with Crippen LogP contribution in [0, 0.1) is 5.92 Å². The molecule has 222 valence electrons. The van der Waals surface area contributed by atoms with E-state index in [1.54, 1.807) is 29.2 Å². The Morgan fingerprint density at radius 2 is 1.71 bits per heavy atom. The van der Waals surface area contributed by atoms with Crippen LogP contribution in [-0.4, -0.2) is 77.5 Å². The van der Waals surface area contributed by atoms with Gasteiger partial charge in [-0.2, -0.15) is 4.31 Å². The number of ketones is 1. The van der Waals surface area contributed by atoms with E-state index >= 15 is 0 Å². The number of nitrogens with zero attached hydrogens (tertiary/aromatic N) is 3. The molecule has 3 heterocycles. The summed E-state index contributed by atoms with van der Waals surface area (Å²) in [5.74, 6) is -1.25. The molecular formula is C30H35N5O5S2. The zero-order valence-corrected chi connectivity index (χ0v) is 24.9. The number of carbonyl (C=O) groups excluding carboxylic acids is 3. The summed E-state index contributed by atoms with van der Waals surface area (Å²) in [6.45, 7) is -0.150. The average molecular weight is 610 g/mol. The van der Waals surface area contributed by atoms with E-state index < -0.39 is 34.1 Å². The van der Waals surface area contributed by atoms with Gasteiger partial charge < -0.3 is 16.0 Å². The lowest BCUT2D eigenvalue weighted by atomic mass is 9.80. The number of piperazine rings is 1. The molecule has 12 heteroatoms. The van der Waals surface area contributed by atoms with Crippen LogP contribution in [0.25, 0.3) is 10.2 Å². The molecule has 3 atom stereocenters. The third kappa shape index (κ3) is 5.85. The molecule has 3 fully saturated rings. The maximum atomic E-state index is 13.8. The van der Waals surface area contributed by atoms with E-state index in [9.17, 15) is 22.8 Å². The standard InChI is InChI=1S/C30H35N5O5S2/c31-21-12-10-20(11-13-21)27(28(37)30-32-23-8-4-5-9-25(23)41-30)33-29(38)24-15-14-22-16-34(17-26(36)35(22)24)42(39,40)18-19-6-2-1-3-7-19/h1-9,20-22,24,27H,10-18,31H2,(H,33,38)/t20?,21?,22-,24-,27-/m0/s1. The van der Waals surface area contributed by atoms with Crippen molar-refractivity contribution in [3.63, 3.8) is 0 Å². The van der Waals surface area contributed by atoms with E-state index in [1.807, 2.05) is 30.3 Å². The number of benzene rings is 2. The normalized spacial score (nSPS) is 25.7. The zero-order chi connectivity index (χ0) is 29.4. The average Bonchev–Trinajstić information content (AvgIpc) is 3.61. The topological polar surface area (TPSA) is 143 Å². The Kier molecular flexibility index (Phi) is 8.14. The van der Waals surface area contributed by atoms with Gasteiger partial charge in [-0.05, 0) is 62.1 Å². The van der Waals surface area contributed by atoms with Crippen molar-refractivity contribution in [3.05, 3.63) is 65.2 Å². The number of amides is 2. The van der Waals surface area contributed by atoms with Crippen LogP contribution in [0.1, 0.15) is 53.9 Å². The highest BCUT2D eigenvalue weighted by atomic mass is 32.2.